The molecule has 2 aromatic carbocycles. The Labute approximate surface area is 179 Å². The number of hydrogen-bond donors (Lipinski definition) is 0. The van der Waals surface area contributed by atoms with Gasteiger partial charge in [-0.25, -0.2) is 4.98 Å². The lowest BCUT2D eigenvalue weighted by Crippen LogP contribution is -2.31. The van der Waals surface area contributed by atoms with Crippen molar-refractivity contribution in [2.45, 2.75) is 38.3 Å². The first kappa shape index (κ1) is 18.4. The van der Waals surface area contributed by atoms with E-state index in [1.807, 2.05) is 23.1 Å². The summed E-state index contributed by atoms with van der Waals surface area (Å²) in [5, 5.41) is 0.576. The molecule has 0 spiro atoms. The molecule has 7 nitrogen and oxygen atoms in total. The molecule has 158 valence electrons. The highest BCUT2D eigenvalue weighted by atomic mass is 16.6. The highest BCUT2D eigenvalue weighted by Crippen LogP contribution is 2.38. The number of amides is 1. The Hall–Kier alpha value is -3.35. The number of likely N-dealkylation sites (tertiary alicyclic amines) is 1. The van der Waals surface area contributed by atoms with Gasteiger partial charge in [0.1, 0.15) is 19.0 Å². The van der Waals surface area contributed by atoms with Crippen LogP contribution in [-0.2, 0) is 13.0 Å². The van der Waals surface area contributed by atoms with E-state index >= 15 is 0 Å². The van der Waals surface area contributed by atoms with Gasteiger partial charge in [-0.05, 0) is 55.2 Å². The average Bonchev–Trinajstić information content (AvgIpc) is 3.48. The quantitative estimate of drug-likeness (QED) is 0.641. The molecular weight excluding hydrogens is 394 g/mol. The molecule has 31 heavy (non-hydrogen) atoms. The van der Waals surface area contributed by atoms with Gasteiger partial charge in [0.05, 0.1) is 16.9 Å². The molecule has 3 aromatic rings. The number of rotatable bonds is 2. The zero-order chi connectivity index (χ0) is 20.9. The lowest BCUT2D eigenvalue weighted by molar-refractivity contribution is 0.0735. The topological polar surface area (TPSA) is 73.7 Å². The van der Waals surface area contributed by atoms with E-state index < -0.39 is 0 Å². The molecule has 1 amide bonds. The van der Waals surface area contributed by atoms with E-state index in [0.29, 0.717) is 36.2 Å². The molecule has 7 heteroatoms. The van der Waals surface area contributed by atoms with Gasteiger partial charge in [-0.2, -0.15) is 0 Å². The Morgan fingerprint density at radius 2 is 1.87 bits per heavy atom. The molecule has 0 N–H and O–H groups in total. The van der Waals surface area contributed by atoms with E-state index in [2.05, 4.69) is 4.98 Å². The van der Waals surface area contributed by atoms with Crippen LogP contribution in [0.5, 0.6) is 11.5 Å². The molecule has 1 atom stereocenters. The fourth-order valence-corrected chi connectivity index (χ4v) is 5.01. The number of aromatic nitrogens is 2. The van der Waals surface area contributed by atoms with Gasteiger partial charge >= 0.3 is 0 Å². The van der Waals surface area contributed by atoms with Crippen molar-refractivity contribution in [2.24, 2.45) is 0 Å². The summed E-state index contributed by atoms with van der Waals surface area (Å²) in [5.74, 6) is 2.29. The van der Waals surface area contributed by atoms with Crippen LogP contribution in [-0.4, -0.2) is 40.1 Å². The summed E-state index contributed by atoms with van der Waals surface area (Å²) in [6.07, 6.45) is 3.61. The van der Waals surface area contributed by atoms with Crippen molar-refractivity contribution in [1.82, 2.24) is 14.5 Å². The van der Waals surface area contributed by atoms with E-state index in [1.54, 1.807) is 22.8 Å². The van der Waals surface area contributed by atoms with Crippen LogP contribution in [0.15, 0.2) is 41.2 Å². The maximum absolute atomic E-state index is 13.4. The van der Waals surface area contributed by atoms with Crippen LogP contribution in [0.25, 0.3) is 10.9 Å². The molecule has 1 fully saturated rings. The van der Waals surface area contributed by atoms with E-state index in [4.69, 9.17) is 9.47 Å². The third kappa shape index (κ3) is 2.99. The number of ether oxygens (including phenoxy) is 2. The monoisotopic (exact) mass is 417 g/mol. The molecule has 6 rings (SSSR count). The summed E-state index contributed by atoms with van der Waals surface area (Å²) in [4.78, 5) is 32.8. The largest absolute Gasteiger partial charge is 0.486 e. The standard InChI is InChI=1S/C24H23N3O4/c28-23(16-5-7-17-18(13-16)25-22-4-2-10-27(22)24(17)29)26-9-1-3-19(26)15-6-8-20-21(14-15)31-12-11-30-20/h5-8,13-14,19H,1-4,9-12H2/t19-/m0/s1. The van der Waals surface area contributed by atoms with Gasteiger partial charge in [0.25, 0.3) is 11.5 Å². The van der Waals surface area contributed by atoms with Gasteiger partial charge in [0, 0.05) is 25.1 Å². The summed E-state index contributed by atoms with van der Waals surface area (Å²) >= 11 is 0. The summed E-state index contributed by atoms with van der Waals surface area (Å²) in [6, 6.07) is 11.2. The van der Waals surface area contributed by atoms with E-state index in [9.17, 15) is 9.59 Å². The number of hydrogen-bond acceptors (Lipinski definition) is 5. The predicted molar refractivity (Wildman–Crippen MR) is 115 cm³/mol. The molecule has 0 aliphatic carbocycles. The Balaban J connectivity index is 1.33. The Morgan fingerprint density at radius 3 is 2.77 bits per heavy atom. The molecule has 1 saturated heterocycles. The second kappa shape index (κ2) is 7.11. The van der Waals surface area contributed by atoms with E-state index in [1.165, 1.54) is 0 Å². The van der Waals surface area contributed by atoms with E-state index in [-0.39, 0.29) is 17.5 Å². The summed E-state index contributed by atoms with van der Waals surface area (Å²) in [7, 11) is 0. The second-order valence-electron chi connectivity index (χ2n) is 8.38. The number of aryl methyl sites for hydroxylation is 1. The van der Waals surface area contributed by atoms with Crippen LogP contribution in [0.3, 0.4) is 0 Å². The minimum absolute atomic E-state index is 0.00220. The molecule has 0 radical (unpaired) electrons. The summed E-state index contributed by atoms with van der Waals surface area (Å²) in [6.45, 7) is 2.53. The first-order chi connectivity index (χ1) is 15.2. The van der Waals surface area contributed by atoms with Crippen molar-refractivity contribution in [3.05, 3.63) is 63.7 Å². The smallest absolute Gasteiger partial charge is 0.261 e. The Bertz CT molecular complexity index is 1270. The zero-order valence-electron chi connectivity index (χ0n) is 17.2. The maximum atomic E-state index is 13.4. The van der Waals surface area contributed by atoms with Crippen molar-refractivity contribution in [3.63, 3.8) is 0 Å². The highest BCUT2D eigenvalue weighted by Gasteiger charge is 2.32. The lowest BCUT2D eigenvalue weighted by Gasteiger charge is -2.27. The lowest BCUT2D eigenvalue weighted by atomic mass is 10.0. The van der Waals surface area contributed by atoms with Gasteiger partial charge in [-0.1, -0.05) is 6.07 Å². The highest BCUT2D eigenvalue weighted by molar-refractivity contribution is 5.98. The van der Waals surface area contributed by atoms with E-state index in [0.717, 1.165) is 55.1 Å². The van der Waals surface area contributed by atoms with Crippen molar-refractivity contribution >= 4 is 16.8 Å². The van der Waals surface area contributed by atoms with Gasteiger partial charge < -0.3 is 14.4 Å². The minimum atomic E-state index is -0.0262. The molecule has 0 unspecified atom stereocenters. The van der Waals surface area contributed by atoms with Crippen molar-refractivity contribution in [2.75, 3.05) is 19.8 Å². The molecule has 0 saturated carbocycles. The number of nitrogens with zero attached hydrogens (tertiary/aromatic N) is 3. The number of benzene rings is 2. The first-order valence-electron chi connectivity index (χ1n) is 10.9. The van der Waals surface area contributed by atoms with Gasteiger partial charge in [0.15, 0.2) is 11.5 Å². The predicted octanol–water partition coefficient (Wildman–Crippen LogP) is 3.09. The molecular formula is C24H23N3O4. The molecule has 1 aromatic heterocycles. The third-order valence-electron chi connectivity index (χ3n) is 6.53. The fourth-order valence-electron chi connectivity index (χ4n) is 5.01. The van der Waals surface area contributed by atoms with Crippen LogP contribution < -0.4 is 15.0 Å². The minimum Gasteiger partial charge on any atom is -0.486 e. The number of fused-ring (bicyclic) bond motifs is 3. The second-order valence-corrected chi connectivity index (χ2v) is 8.38. The van der Waals surface area contributed by atoms with Gasteiger partial charge in [-0.15, -0.1) is 0 Å². The molecule has 3 aliphatic rings. The zero-order valence-corrected chi connectivity index (χ0v) is 17.2. The first-order valence-corrected chi connectivity index (χ1v) is 10.9. The third-order valence-corrected chi connectivity index (χ3v) is 6.53. The van der Waals surface area contributed by atoms with Crippen LogP contribution >= 0.6 is 0 Å². The van der Waals surface area contributed by atoms with Crippen molar-refractivity contribution in [3.8, 4) is 11.5 Å². The molecule has 4 heterocycles. The molecule has 0 bridgehead atoms. The normalized spacial score (nSPS) is 19.6. The van der Waals surface area contributed by atoms with Crippen LogP contribution in [0.2, 0.25) is 0 Å². The number of carbonyl (C=O) groups is 1. The van der Waals surface area contributed by atoms with Crippen LogP contribution in [0.4, 0.5) is 0 Å². The Morgan fingerprint density at radius 1 is 1.00 bits per heavy atom. The van der Waals surface area contributed by atoms with Gasteiger partial charge in [-0.3, -0.25) is 14.2 Å². The SMILES string of the molecule is O=C(c1ccc2c(=O)n3c(nc2c1)CCC3)N1CCC[C@H]1c1ccc2c(c1)OCCO2. The number of carbonyl (C=O) groups excluding carboxylic acids is 1. The van der Waals surface area contributed by atoms with Gasteiger partial charge in [0.2, 0.25) is 0 Å². The van der Waals surface area contributed by atoms with Crippen molar-refractivity contribution < 1.29 is 14.3 Å². The summed E-state index contributed by atoms with van der Waals surface area (Å²) < 4.78 is 13.1. The summed E-state index contributed by atoms with van der Waals surface area (Å²) in [5.41, 5.74) is 2.24. The fraction of sp³-hybridized carbons (Fsp3) is 0.375. The maximum Gasteiger partial charge on any atom is 0.261 e. The van der Waals surface area contributed by atoms with Crippen molar-refractivity contribution in [1.29, 1.82) is 0 Å². The van der Waals surface area contributed by atoms with Crippen LogP contribution in [0.1, 0.15) is 47.1 Å². The van der Waals surface area contributed by atoms with Crippen LogP contribution in [0, 0.1) is 0 Å². The molecule has 3 aliphatic heterocycles. The average molecular weight is 417 g/mol. The Kier molecular flexibility index (Phi) is 4.23.